The first-order valence-electron chi connectivity index (χ1n) is 7.46. The highest BCUT2D eigenvalue weighted by Gasteiger charge is 2.36. The molecule has 0 atom stereocenters. The number of hydrogen-bond donors (Lipinski definition) is 2. The fourth-order valence-corrected chi connectivity index (χ4v) is 2.99. The molecule has 1 saturated carbocycles. The smallest absolute Gasteiger partial charge is 0.337 e. The van der Waals surface area contributed by atoms with Gasteiger partial charge in [0.15, 0.2) is 0 Å². The molecule has 0 radical (unpaired) electrons. The molecule has 0 aliphatic heterocycles. The van der Waals surface area contributed by atoms with Gasteiger partial charge in [-0.3, -0.25) is 4.79 Å². The Labute approximate surface area is 124 Å². The predicted octanol–water partition coefficient (Wildman–Crippen LogP) is 2.79. The van der Waals surface area contributed by atoms with Crippen LogP contribution in [0, 0.1) is 12.3 Å². The van der Waals surface area contributed by atoms with Crippen molar-refractivity contribution >= 4 is 11.9 Å². The fourth-order valence-electron chi connectivity index (χ4n) is 2.99. The molecule has 0 bridgehead atoms. The van der Waals surface area contributed by atoms with Gasteiger partial charge in [0, 0.05) is 6.54 Å². The minimum Gasteiger partial charge on any atom is -0.478 e. The van der Waals surface area contributed by atoms with Gasteiger partial charge < -0.3 is 10.4 Å². The molecule has 114 valence electrons. The third kappa shape index (κ3) is 3.40. The summed E-state index contributed by atoms with van der Waals surface area (Å²) < 4.78 is 0. The lowest BCUT2D eigenvalue weighted by atomic mass is 9.66. The summed E-state index contributed by atoms with van der Waals surface area (Å²) in [4.78, 5) is 27.2. The van der Waals surface area contributed by atoms with Crippen LogP contribution in [0.1, 0.15) is 65.6 Å². The lowest BCUT2D eigenvalue weighted by molar-refractivity contribution is 0.0694. The fraction of sp³-hybridized carbons (Fsp3) is 0.562. The van der Waals surface area contributed by atoms with Crippen molar-refractivity contribution in [1.82, 2.24) is 10.3 Å². The van der Waals surface area contributed by atoms with Crippen LogP contribution < -0.4 is 5.32 Å². The quantitative estimate of drug-likeness (QED) is 0.844. The molecular weight excluding hydrogens is 268 g/mol. The zero-order valence-corrected chi connectivity index (χ0v) is 12.6. The Balaban J connectivity index is 2.00. The zero-order valence-electron chi connectivity index (χ0n) is 12.6. The van der Waals surface area contributed by atoms with Crippen LogP contribution in [0.25, 0.3) is 0 Å². The summed E-state index contributed by atoms with van der Waals surface area (Å²) in [6, 6.07) is 2.91. The van der Waals surface area contributed by atoms with Crippen molar-refractivity contribution in [1.29, 1.82) is 0 Å². The second kappa shape index (κ2) is 6.24. The van der Waals surface area contributed by atoms with Gasteiger partial charge >= 0.3 is 5.97 Å². The molecule has 0 aromatic carbocycles. The normalized spacial score (nSPS) is 16.1. The van der Waals surface area contributed by atoms with Crippen molar-refractivity contribution in [3.63, 3.8) is 0 Å². The first kappa shape index (κ1) is 15.5. The van der Waals surface area contributed by atoms with Crippen LogP contribution in [-0.2, 0) is 0 Å². The number of hydrogen-bond acceptors (Lipinski definition) is 3. The van der Waals surface area contributed by atoms with Gasteiger partial charge in [0.1, 0.15) is 5.69 Å². The molecule has 1 fully saturated rings. The molecule has 5 nitrogen and oxygen atoms in total. The summed E-state index contributed by atoms with van der Waals surface area (Å²) in [7, 11) is 0. The van der Waals surface area contributed by atoms with Crippen molar-refractivity contribution in [2.45, 2.75) is 46.0 Å². The molecule has 1 aromatic rings. The minimum atomic E-state index is -1.02. The van der Waals surface area contributed by atoms with E-state index in [1.807, 2.05) is 0 Å². The second-order valence-electron chi connectivity index (χ2n) is 5.92. The zero-order chi connectivity index (χ0) is 15.5. The Morgan fingerprint density at radius 2 is 2.10 bits per heavy atom. The van der Waals surface area contributed by atoms with E-state index in [1.165, 1.54) is 31.4 Å². The summed E-state index contributed by atoms with van der Waals surface area (Å²) in [5.74, 6) is -1.25. The maximum absolute atomic E-state index is 12.1. The standard InChI is InChI=1S/C16H22N2O3/c1-3-7-16(8-4-9-16)10-17-14(19)13-6-5-12(15(20)21)11(2)18-13/h5-6H,3-4,7-10H2,1-2H3,(H,17,19)(H,20,21). The Morgan fingerprint density at radius 3 is 2.57 bits per heavy atom. The third-order valence-corrected chi connectivity index (χ3v) is 4.37. The highest BCUT2D eigenvalue weighted by molar-refractivity contribution is 5.94. The number of nitrogens with one attached hydrogen (secondary N) is 1. The van der Waals surface area contributed by atoms with Gasteiger partial charge in [-0.05, 0) is 43.7 Å². The minimum absolute atomic E-state index is 0.132. The number of aromatic nitrogens is 1. The van der Waals surface area contributed by atoms with Crippen molar-refractivity contribution in [2.75, 3.05) is 6.54 Å². The van der Waals surface area contributed by atoms with Gasteiger partial charge in [-0.2, -0.15) is 0 Å². The Bertz CT molecular complexity index is 550. The SMILES string of the molecule is CCCC1(CNC(=O)c2ccc(C(=O)O)c(C)n2)CCC1. The molecule has 5 heteroatoms. The Hall–Kier alpha value is -1.91. The second-order valence-corrected chi connectivity index (χ2v) is 5.92. The lowest BCUT2D eigenvalue weighted by Crippen LogP contribution is -2.42. The molecule has 1 aliphatic carbocycles. The summed E-state index contributed by atoms with van der Waals surface area (Å²) >= 11 is 0. The topological polar surface area (TPSA) is 79.3 Å². The number of carboxylic acids is 1. The summed E-state index contributed by atoms with van der Waals surface area (Å²) in [6.45, 7) is 4.45. The number of aryl methyl sites for hydroxylation is 1. The van der Waals surface area contributed by atoms with Crippen molar-refractivity contribution < 1.29 is 14.7 Å². The van der Waals surface area contributed by atoms with E-state index in [2.05, 4.69) is 17.2 Å². The molecule has 1 aromatic heterocycles. The molecule has 1 amide bonds. The molecule has 1 aliphatic rings. The maximum atomic E-state index is 12.1. The van der Waals surface area contributed by atoms with Gasteiger partial charge in [-0.15, -0.1) is 0 Å². The summed E-state index contributed by atoms with van der Waals surface area (Å²) in [5.41, 5.74) is 1.04. The van der Waals surface area contributed by atoms with E-state index in [0.717, 1.165) is 12.8 Å². The average Bonchev–Trinajstić information content (AvgIpc) is 2.40. The van der Waals surface area contributed by atoms with Crippen LogP contribution in [0.2, 0.25) is 0 Å². The van der Waals surface area contributed by atoms with Crippen molar-refractivity contribution in [3.8, 4) is 0 Å². The lowest BCUT2D eigenvalue weighted by Gasteiger charge is -2.42. The predicted molar refractivity (Wildman–Crippen MR) is 79.5 cm³/mol. The van der Waals surface area contributed by atoms with Crippen molar-refractivity contribution in [3.05, 3.63) is 29.1 Å². The van der Waals surface area contributed by atoms with Gasteiger partial charge in [0.2, 0.25) is 0 Å². The van der Waals surface area contributed by atoms with Gasteiger partial charge in [-0.25, -0.2) is 9.78 Å². The molecule has 2 rings (SSSR count). The Kier molecular flexibility index (Phi) is 4.60. The van der Waals surface area contributed by atoms with E-state index in [9.17, 15) is 9.59 Å². The molecule has 0 unspecified atom stereocenters. The summed E-state index contributed by atoms with van der Waals surface area (Å²) in [5, 5.41) is 11.9. The number of carboxylic acid groups (broad SMARTS) is 1. The first-order chi connectivity index (χ1) is 9.97. The van der Waals surface area contributed by atoms with E-state index >= 15 is 0 Å². The number of amides is 1. The first-order valence-corrected chi connectivity index (χ1v) is 7.46. The van der Waals surface area contributed by atoms with E-state index in [4.69, 9.17) is 5.11 Å². The molecular formula is C16H22N2O3. The van der Waals surface area contributed by atoms with Crippen LogP contribution in [0.5, 0.6) is 0 Å². The van der Waals surface area contributed by atoms with Gasteiger partial charge in [0.05, 0.1) is 11.3 Å². The third-order valence-electron chi connectivity index (χ3n) is 4.37. The molecule has 0 spiro atoms. The van der Waals surface area contributed by atoms with E-state index < -0.39 is 5.97 Å². The number of nitrogens with zero attached hydrogens (tertiary/aromatic N) is 1. The number of aromatic carboxylic acids is 1. The number of carbonyl (C=O) groups is 2. The van der Waals surface area contributed by atoms with Crippen LogP contribution >= 0.6 is 0 Å². The highest BCUT2D eigenvalue weighted by atomic mass is 16.4. The largest absolute Gasteiger partial charge is 0.478 e. The van der Waals surface area contributed by atoms with Crippen LogP contribution in [0.15, 0.2) is 12.1 Å². The highest BCUT2D eigenvalue weighted by Crippen LogP contribution is 2.44. The Morgan fingerprint density at radius 1 is 1.38 bits per heavy atom. The average molecular weight is 290 g/mol. The number of rotatable bonds is 6. The monoisotopic (exact) mass is 290 g/mol. The number of carbonyl (C=O) groups excluding carboxylic acids is 1. The molecule has 2 N–H and O–H groups in total. The summed E-state index contributed by atoms with van der Waals surface area (Å²) in [6.07, 6.45) is 5.84. The molecule has 0 saturated heterocycles. The maximum Gasteiger partial charge on any atom is 0.337 e. The van der Waals surface area contributed by atoms with Crippen LogP contribution in [0.3, 0.4) is 0 Å². The molecule has 1 heterocycles. The van der Waals surface area contributed by atoms with Crippen LogP contribution in [-0.4, -0.2) is 28.5 Å². The van der Waals surface area contributed by atoms with Crippen LogP contribution in [0.4, 0.5) is 0 Å². The van der Waals surface area contributed by atoms with Crippen molar-refractivity contribution in [2.24, 2.45) is 5.41 Å². The van der Waals surface area contributed by atoms with E-state index in [1.54, 1.807) is 6.92 Å². The van der Waals surface area contributed by atoms with E-state index in [-0.39, 0.29) is 22.6 Å². The van der Waals surface area contributed by atoms with Gasteiger partial charge in [0.25, 0.3) is 5.91 Å². The molecule has 21 heavy (non-hydrogen) atoms. The van der Waals surface area contributed by atoms with E-state index in [0.29, 0.717) is 12.2 Å². The number of pyridine rings is 1. The van der Waals surface area contributed by atoms with Gasteiger partial charge in [-0.1, -0.05) is 19.8 Å².